The van der Waals surface area contributed by atoms with Crippen LogP contribution in [0.25, 0.3) is 0 Å². The molecule has 3 rings (SSSR count). The monoisotopic (exact) mass is 310 g/mol. The summed E-state index contributed by atoms with van der Waals surface area (Å²) in [5, 5.41) is 13.6. The number of hydrogen-bond acceptors (Lipinski definition) is 5. The number of hydrogen-bond donors (Lipinski definition) is 1. The Bertz CT molecular complexity index is 508. The molecule has 2 heterocycles. The highest BCUT2D eigenvalue weighted by molar-refractivity contribution is 8.23. The SMILES string of the molecule is CC(Cc1ccc2c(c1)OCO2)C1(CCO)SC=CS1. The first kappa shape index (κ1) is 14.2. The Morgan fingerprint density at radius 2 is 2.00 bits per heavy atom. The van der Waals surface area contributed by atoms with Crippen molar-refractivity contribution in [2.45, 2.75) is 23.8 Å². The topological polar surface area (TPSA) is 38.7 Å². The van der Waals surface area contributed by atoms with Crippen molar-refractivity contribution in [3.8, 4) is 11.5 Å². The van der Waals surface area contributed by atoms with E-state index in [0.717, 1.165) is 24.3 Å². The van der Waals surface area contributed by atoms with Gasteiger partial charge in [-0.25, -0.2) is 0 Å². The van der Waals surface area contributed by atoms with Crippen LogP contribution in [-0.2, 0) is 6.42 Å². The molecule has 108 valence electrons. The van der Waals surface area contributed by atoms with E-state index in [1.54, 1.807) is 0 Å². The van der Waals surface area contributed by atoms with Crippen LogP contribution < -0.4 is 9.47 Å². The van der Waals surface area contributed by atoms with E-state index in [4.69, 9.17) is 9.47 Å². The van der Waals surface area contributed by atoms with Crippen molar-refractivity contribution in [2.24, 2.45) is 5.92 Å². The van der Waals surface area contributed by atoms with Gasteiger partial charge in [0.25, 0.3) is 0 Å². The molecule has 1 atom stereocenters. The Morgan fingerprint density at radius 3 is 2.75 bits per heavy atom. The summed E-state index contributed by atoms with van der Waals surface area (Å²) < 4.78 is 10.8. The number of rotatable bonds is 5. The van der Waals surface area contributed by atoms with Crippen molar-refractivity contribution >= 4 is 23.5 Å². The van der Waals surface area contributed by atoms with Crippen molar-refractivity contribution in [1.29, 1.82) is 0 Å². The molecule has 2 aliphatic rings. The van der Waals surface area contributed by atoms with E-state index in [0.29, 0.717) is 12.7 Å². The highest BCUT2D eigenvalue weighted by Crippen LogP contribution is 2.53. The number of fused-ring (bicyclic) bond motifs is 1. The van der Waals surface area contributed by atoms with E-state index in [2.05, 4.69) is 29.9 Å². The molecule has 0 aliphatic carbocycles. The average molecular weight is 310 g/mol. The van der Waals surface area contributed by atoms with Crippen LogP contribution in [0.4, 0.5) is 0 Å². The van der Waals surface area contributed by atoms with E-state index in [-0.39, 0.29) is 10.7 Å². The molecule has 0 aromatic heterocycles. The second-order valence-corrected chi connectivity index (χ2v) is 7.82. The summed E-state index contributed by atoms with van der Waals surface area (Å²) in [4.78, 5) is 0. The highest BCUT2D eigenvalue weighted by Gasteiger charge is 2.38. The minimum Gasteiger partial charge on any atom is -0.454 e. The zero-order valence-electron chi connectivity index (χ0n) is 11.4. The van der Waals surface area contributed by atoms with Gasteiger partial charge in [0.15, 0.2) is 11.5 Å². The molecule has 5 heteroatoms. The predicted octanol–water partition coefficient (Wildman–Crippen LogP) is 3.62. The number of aliphatic hydroxyl groups is 1. The van der Waals surface area contributed by atoms with Crippen LogP contribution in [0.5, 0.6) is 11.5 Å². The van der Waals surface area contributed by atoms with E-state index in [1.807, 2.05) is 29.6 Å². The van der Waals surface area contributed by atoms with Crippen molar-refractivity contribution in [3.05, 3.63) is 34.6 Å². The Hall–Kier alpha value is -0.780. The molecule has 1 unspecified atom stereocenters. The molecule has 0 fully saturated rings. The van der Waals surface area contributed by atoms with Crippen molar-refractivity contribution in [3.63, 3.8) is 0 Å². The van der Waals surface area contributed by atoms with Crippen molar-refractivity contribution in [1.82, 2.24) is 0 Å². The van der Waals surface area contributed by atoms with Gasteiger partial charge < -0.3 is 14.6 Å². The maximum atomic E-state index is 9.34. The lowest BCUT2D eigenvalue weighted by atomic mass is 9.95. The van der Waals surface area contributed by atoms with Crippen LogP contribution in [0.1, 0.15) is 18.9 Å². The molecular weight excluding hydrogens is 292 g/mol. The van der Waals surface area contributed by atoms with Gasteiger partial charge in [-0.2, -0.15) is 0 Å². The fraction of sp³-hybridized carbons (Fsp3) is 0.467. The maximum absolute atomic E-state index is 9.34. The quantitative estimate of drug-likeness (QED) is 0.899. The predicted molar refractivity (Wildman–Crippen MR) is 84.2 cm³/mol. The second kappa shape index (κ2) is 5.92. The van der Waals surface area contributed by atoms with Crippen molar-refractivity contribution in [2.75, 3.05) is 13.4 Å². The molecule has 0 saturated heterocycles. The molecule has 1 aromatic rings. The summed E-state index contributed by atoms with van der Waals surface area (Å²) in [6.45, 7) is 2.80. The van der Waals surface area contributed by atoms with Gasteiger partial charge in [-0.05, 0) is 47.3 Å². The van der Waals surface area contributed by atoms with Gasteiger partial charge in [-0.15, -0.1) is 23.5 Å². The van der Waals surface area contributed by atoms with Crippen molar-refractivity contribution < 1.29 is 14.6 Å². The second-order valence-electron chi connectivity index (χ2n) is 5.09. The van der Waals surface area contributed by atoms with Gasteiger partial charge in [0.2, 0.25) is 6.79 Å². The molecule has 0 saturated carbocycles. The zero-order valence-corrected chi connectivity index (χ0v) is 13.0. The standard InChI is InChI=1S/C15H18O3S2/c1-11(15(4-5-16)19-6-7-20-15)8-12-2-3-13-14(9-12)18-10-17-13/h2-3,6-7,9,11,16H,4-5,8,10H2,1H3. The minimum atomic E-state index is 0.0606. The fourth-order valence-corrected chi connectivity index (χ4v) is 5.15. The lowest BCUT2D eigenvalue weighted by Crippen LogP contribution is -2.29. The largest absolute Gasteiger partial charge is 0.454 e. The first-order valence-corrected chi connectivity index (χ1v) is 8.49. The third-order valence-corrected chi connectivity index (χ3v) is 7.09. The van der Waals surface area contributed by atoms with Gasteiger partial charge in [-0.3, -0.25) is 0 Å². The fourth-order valence-electron chi connectivity index (χ4n) is 2.64. The third kappa shape index (κ3) is 2.67. The van der Waals surface area contributed by atoms with E-state index < -0.39 is 0 Å². The van der Waals surface area contributed by atoms with Crippen LogP contribution in [0.3, 0.4) is 0 Å². The van der Waals surface area contributed by atoms with Crippen LogP contribution in [0, 0.1) is 5.92 Å². The molecule has 20 heavy (non-hydrogen) atoms. The Labute approximate surface area is 127 Å². The molecular formula is C15H18O3S2. The molecule has 0 radical (unpaired) electrons. The van der Waals surface area contributed by atoms with E-state index in [1.165, 1.54) is 5.56 Å². The lowest BCUT2D eigenvalue weighted by Gasteiger charge is -2.33. The smallest absolute Gasteiger partial charge is 0.231 e. The molecule has 1 aromatic carbocycles. The summed E-state index contributed by atoms with van der Waals surface area (Å²) in [6.07, 6.45) is 1.78. The van der Waals surface area contributed by atoms with Crippen LogP contribution >= 0.6 is 23.5 Å². The first-order valence-electron chi connectivity index (χ1n) is 6.73. The normalized spacial score (nSPS) is 20.3. The van der Waals surface area contributed by atoms with E-state index in [9.17, 15) is 5.11 Å². The van der Waals surface area contributed by atoms with Crippen LogP contribution in [-0.4, -0.2) is 22.6 Å². The van der Waals surface area contributed by atoms with Gasteiger partial charge in [0.05, 0.1) is 4.08 Å². The molecule has 2 aliphatic heterocycles. The number of aliphatic hydroxyl groups excluding tert-OH is 1. The lowest BCUT2D eigenvalue weighted by molar-refractivity contribution is 0.174. The Morgan fingerprint density at radius 1 is 1.25 bits per heavy atom. The van der Waals surface area contributed by atoms with Gasteiger partial charge in [-0.1, -0.05) is 13.0 Å². The molecule has 0 amide bonds. The van der Waals surface area contributed by atoms with Crippen LogP contribution in [0.15, 0.2) is 29.0 Å². The van der Waals surface area contributed by atoms with Gasteiger partial charge in [0, 0.05) is 6.61 Å². The van der Waals surface area contributed by atoms with Gasteiger partial charge in [0.1, 0.15) is 0 Å². The Balaban J connectivity index is 1.73. The summed E-state index contributed by atoms with van der Waals surface area (Å²) in [5.74, 6) is 2.13. The highest BCUT2D eigenvalue weighted by atomic mass is 32.2. The van der Waals surface area contributed by atoms with Gasteiger partial charge >= 0.3 is 0 Å². The number of thioether (sulfide) groups is 2. The first-order chi connectivity index (χ1) is 9.73. The molecule has 3 nitrogen and oxygen atoms in total. The zero-order chi connectivity index (χ0) is 14.0. The molecule has 0 bridgehead atoms. The summed E-state index contributed by atoms with van der Waals surface area (Å²) >= 11 is 3.67. The summed E-state index contributed by atoms with van der Waals surface area (Å²) in [7, 11) is 0. The Kier molecular flexibility index (Phi) is 4.19. The summed E-state index contributed by atoms with van der Waals surface area (Å²) in [5.41, 5.74) is 1.26. The maximum Gasteiger partial charge on any atom is 0.231 e. The average Bonchev–Trinajstić information content (AvgIpc) is 3.08. The van der Waals surface area contributed by atoms with E-state index >= 15 is 0 Å². The molecule has 0 spiro atoms. The number of benzene rings is 1. The number of ether oxygens (including phenoxy) is 2. The summed E-state index contributed by atoms with van der Waals surface area (Å²) in [6, 6.07) is 6.16. The molecule has 1 N–H and O–H groups in total. The minimum absolute atomic E-state index is 0.0606. The third-order valence-electron chi connectivity index (χ3n) is 3.78. The van der Waals surface area contributed by atoms with Crippen LogP contribution in [0.2, 0.25) is 0 Å².